The van der Waals surface area contributed by atoms with E-state index in [9.17, 15) is 9.59 Å². The molecule has 104 valence electrons. The number of carbonyl (C=O) groups is 2. The highest BCUT2D eigenvalue weighted by Gasteiger charge is 2.50. The number of carbonyl (C=O) groups excluding carboxylic acids is 2. The zero-order valence-corrected chi connectivity index (χ0v) is 12.4. The first-order valence-electron chi connectivity index (χ1n) is 6.21. The summed E-state index contributed by atoms with van der Waals surface area (Å²) < 4.78 is 5.19. The van der Waals surface area contributed by atoms with Crippen LogP contribution in [0.3, 0.4) is 0 Å². The van der Waals surface area contributed by atoms with Crippen molar-refractivity contribution in [3.05, 3.63) is 0 Å². The molecule has 0 aromatic rings. The van der Waals surface area contributed by atoms with Crippen molar-refractivity contribution in [2.24, 2.45) is 11.3 Å². The summed E-state index contributed by atoms with van der Waals surface area (Å²) in [6.45, 7) is 6.70. The van der Waals surface area contributed by atoms with Crippen molar-refractivity contribution in [1.82, 2.24) is 0 Å². The molecule has 0 rings (SSSR count). The minimum Gasteiger partial charge on any atom is -0.371 e. The van der Waals surface area contributed by atoms with Gasteiger partial charge in [-0.05, 0) is 13.8 Å². The molecule has 0 atom stereocenters. The lowest BCUT2D eigenvalue weighted by Gasteiger charge is -2.35. The van der Waals surface area contributed by atoms with Crippen molar-refractivity contribution in [1.29, 1.82) is 0 Å². The molecule has 0 saturated heterocycles. The summed E-state index contributed by atoms with van der Waals surface area (Å²) in [7, 11) is 1.42. The van der Waals surface area contributed by atoms with Gasteiger partial charge in [0.2, 0.25) is 0 Å². The normalized spacial score (nSPS) is 11.8. The van der Waals surface area contributed by atoms with Gasteiger partial charge in [0, 0.05) is 25.9 Å². The van der Waals surface area contributed by atoms with E-state index in [1.165, 1.54) is 7.11 Å². The zero-order chi connectivity index (χ0) is 15.3. The lowest BCUT2D eigenvalue weighted by Crippen LogP contribution is -2.51. The molecule has 3 nitrogen and oxygen atoms in total. The second kappa shape index (κ2) is 6.55. The van der Waals surface area contributed by atoms with Gasteiger partial charge in [-0.3, -0.25) is 9.59 Å². The Morgan fingerprint density at radius 1 is 1.16 bits per heavy atom. The van der Waals surface area contributed by atoms with E-state index in [1.807, 2.05) is 0 Å². The number of rotatable bonds is 7. The van der Waals surface area contributed by atoms with E-state index >= 15 is 0 Å². The topological polar surface area (TPSA) is 43.4 Å². The first kappa shape index (κ1) is 17.4. The fourth-order valence-corrected chi connectivity index (χ4v) is 2.08. The summed E-state index contributed by atoms with van der Waals surface area (Å²) in [4.78, 5) is 25.2. The highest BCUT2D eigenvalue weighted by atomic mass is 16.5. The van der Waals surface area contributed by atoms with Crippen LogP contribution in [0.1, 0.15) is 40.5 Å². The quantitative estimate of drug-likeness (QED) is 0.522. The van der Waals surface area contributed by atoms with Crippen LogP contribution < -0.4 is 0 Å². The van der Waals surface area contributed by atoms with Gasteiger partial charge in [0.05, 0.1) is 0 Å². The van der Waals surface area contributed by atoms with Crippen molar-refractivity contribution in [3.8, 4) is 24.7 Å². The van der Waals surface area contributed by atoms with E-state index < -0.39 is 11.0 Å². The lowest BCUT2D eigenvalue weighted by atomic mass is 9.67. The second-order valence-corrected chi connectivity index (χ2v) is 5.41. The summed E-state index contributed by atoms with van der Waals surface area (Å²) in [6.07, 6.45) is 10.7. The molecular weight excluding hydrogens is 240 g/mol. The molecular formula is C16H22O3. The average molecular weight is 262 g/mol. The van der Waals surface area contributed by atoms with E-state index in [2.05, 4.69) is 11.8 Å². The monoisotopic (exact) mass is 262 g/mol. The summed E-state index contributed by atoms with van der Waals surface area (Å²) in [5.74, 6) is 3.93. The van der Waals surface area contributed by atoms with Crippen LogP contribution in [0.2, 0.25) is 0 Å². The van der Waals surface area contributed by atoms with Crippen molar-refractivity contribution >= 4 is 11.6 Å². The average Bonchev–Trinajstić information content (AvgIpc) is 2.36. The zero-order valence-electron chi connectivity index (χ0n) is 12.4. The molecule has 0 radical (unpaired) electrons. The number of hydrogen-bond acceptors (Lipinski definition) is 3. The molecule has 0 heterocycles. The fraction of sp³-hybridized carbons (Fsp3) is 0.625. The molecule has 0 aromatic carbocycles. The Hall–Kier alpha value is -1.58. The minimum atomic E-state index is -1.35. The van der Waals surface area contributed by atoms with E-state index in [4.69, 9.17) is 17.6 Å². The number of hydrogen-bond donors (Lipinski definition) is 0. The SMILES string of the molecule is C#CCC(CC#C)(C(=O)C(C)C)C(=O)C(C)(C)OC. The Morgan fingerprint density at radius 2 is 1.58 bits per heavy atom. The third-order valence-electron chi connectivity index (χ3n) is 3.30. The first-order valence-corrected chi connectivity index (χ1v) is 6.21. The van der Waals surface area contributed by atoms with Gasteiger partial charge in [-0.2, -0.15) is 0 Å². The maximum Gasteiger partial charge on any atom is 0.179 e. The molecule has 0 aliphatic heterocycles. The van der Waals surface area contributed by atoms with Gasteiger partial charge in [0.15, 0.2) is 11.6 Å². The van der Waals surface area contributed by atoms with Crippen LogP contribution in [0.15, 0.2) is 0 Å². The van der Waals surface area contributed by atoms with E-state index in [0.29, 0.717) is 0 Å². The van der Waals surface area contributed by atoms with Crippen LogP contribution in [-0.2, 0) is 14.3 Å². The summed E-state index contributed by atoms with van der Waals surface area (Å²) >= 11 is 0. The predicted molar refractivity (Wildman–Crippen MR) is 75.3 cm³/mol. The Morgan fingerprint density at radius 3 is 1.84 bits per heavy atom. The molecule has 0 fully saturated rings. The highest BCUT2D eigenvalue weighted by molar-refractivity contribution is 6.11. The van der Waals surface area contributed by atoms with E-state index in [0.717, 1.165) is 0 Å². The Balaban J connectivity index is 5.89. The standard InChI is InChI=1S/C16H22O3/c1-8-10-16(11-9-2,13(17)12(3)4)14(18)15(5,6)19-7/h1-2,12H,10-11H2,3-7H3. The van der Waals surface area contributed by atoms with Gasteiger partial charge in [0.25, 0.3) is 0 Å². The van der Waals surface area contributed by atoms with Crippen molar-refractivity contribution in [2.75, 3.05) is 7.11 Å². The van der Waals surface area contributed by atoms with Crippen molar-refractivity contribution in [2.45, 2.75) is 46.1 Å². The Bertz CT molecular complexity index is 414. The van der Waals surface area contributed by atoms with Crippen LogP contribution in [0, 0.1) is 36.0 Å². The van der Waals surface area contributed by atoms with Crippen molar-refractivity contribution in [3.63, 3.8) is 0 Å². The number of ether oxygens (including phenoxy) is 1. The number of methoxy groups -OCH3 is 1. The van der Waals surface area contributed by atoms with Gasteiger partial charge in [-0.1, -0.05) is 13.8 Å². The number of ketones is 2. The van der Waals surface area contributed by atoms with Crippen LogP contribution in [0.5, 0.6) is 0 Å². The van der Waals surface area contributed by atoms with Gasteiger partial charge in [-0.25, -0.2) is 0 Å². The second-order valence-electron chi connectivity index (χ2n) is 5.41. The van der Waals surface area contributed by atoms with Gasteiger partial charge >= 0.3 is 0 Å². The fourth-order valence-electron chi connectivity index (χ4n) is 2.08. The van der Waals surface area contributed by atoms with E-state index in [-0.39, 0.29) is 30.3 Å². The maximum atomic E-state index is 12.7. The van der Waals surface area contributed by atoms with Crippen LogP contribution >= 0.6 is 0 Å². The van der Waals surface area contributed by atoms with Crippen LogP contribution in [0.4, 0.5) is 0 Å². The summed E-state index contributed by atoms with van der Waals surface area (Å²) in [5.41, 5.74) is -2.45. The van der Waals surface area contributed by atoms with Gasteiger partial charge in [0.1, 0.15) is 11.0 Å². The molecule has 0 aliphatic rings. The van der Waals surface area contributed by atoms with Crippen molar-refractivity contribution < 1.29 is 14.3 Å². The Kier molecular flexibility index (Phi) is 6.00. The largest absolute Gasteiger partial charge is 0.371 e. The van der Waals surface area contributed by atoms with Crippen LogP contribution in [0.25, 0.3) is 0 Å². The lowest BCUT2D eigenvalue weighted by molar-refractivity contribution is -0.155. The Labute approximate surface area is 116 Å². The molecule has 0 saturated carbocycles. The summed E-state index contributed by atoms with van der Waals surface area (Å²) in [5, 5.41) is 0. The summed E-state index contributed by atoms with van der Waals surface area (Å²) in [6, 6.07) is 0. The molecule has 19 heavy (non-hydrogen) atoms. The molecule has 0 aromatic heterocycles. The third kappa shape index (κ3) is 3.46. The minimum absolute atomic E-state index is 0.000162. The van der Waals surface area contributed by atoms with Crippen LogP contribution in [-0.4, -0.2) is 24.3 Å². The number of terminal acetylenes is 2. The maximum absolute atomic E-state index is 12.7. The predicted octanol–water partition coefficient (Wildman–Crippen LogP) is 2.24. The number of Topliss-reactive ketones (excluding diaryl/α,β-unsaturated/α-hetero) is 2. The van der Waals surface area contributed by atoms with Gasteiger partial charge < -0.3 is 4.74 Å². The molecule has 0 amide bonds. The molecule has 0 spiro atoms. The molecule has 3 heteroatoms. The highest BCUT2D eigenvalue weighted by Crippen LogP contribution is 2.36. The molecule has 0 bridgehead atoms. The molecule has 0 aliphatic carbocycles. The van der Waals surface area contributed by atoms with Gasteiger partial charge in [-0.15, -0.1) is 24.7 Å². The van der Waals surface area contributed by atoms with E-state index in [1.54, 1.807) is 27.7 Å². The molecule has 0 unspecified atom stereocenters. The molecule has 0 N–H and O–H groups in total. The first-order chi connectivity index (χ1) is 8.69. The third-order valence-corrected chi connectivity index (χ3v) is 3.30. The smallest absolute Gasteiger partial charge is 0.179 e.